The van der Waals surface area contributed by atoms with E-state index >= 15 is 0 Å². The first kappa shape index (κ1) is 14.3. The molecule has 114 valence electrons. The van der Waals surface area contributed by atoms with Crippen LogP contribution in [0.2, 0.25) is 0 Å². The van der Waals surface area contributed by atoms with Crippen LogP contribution in [-0.4, -0.2) is 47.0 Å². The Morgan fingerprint density at radius 1 is 1.33 bits per heavy atom. The molecule has 1 saturated heterocycles. The maximum atomic E-state index is 12.7. The van der Waals surface area contributed by atoms with Crippen LogP contribution in [0.15, 0.2) is 18.5 Å². The first-order valence-corrected chi connectivity index (χ1v) is 7.95. The van der Waals surface area contributed by atoms with Gasteiger partial charge in [-0.15, -0.1) is 0 Å². The lowest BCUT2D eigenvalue weighted by Crippen LogP contribution is -2.47. The molecule has 0 unspecified atom stereocenters. The first-order valence-electron chi connectivity index (χ1n) is 7.95. The molecule has 1 saturated carbocycles. The summed E-state index contributed by atoms with van der Waals surface area (Å²) in [5, 5.41) is 0. The maximum absolute atomic E-state index is 12.7. The minimum atomic E-state index is 0.0776. The lowest BCUT2D eigenvalue weighted by Gasteiger charge is -2.35. The molecule has 1 aliphatic heterocycles. The minimum Gasteiger partial charge on any atom is -0.342 e. The van der Waals surface area contributed by atoms with Crippen LogP contribution >= 0.6 is 0 Å². The van der Waals surface area contributed by atoms with E-state index in [9.17, 15) is 4.79 Å². The number of aromatic nitrogens is 2. The second kappa shape index (κ2) is 6.00. The van der Waals surface area contributed by atoms with Crippen molar-refractivity contribution in [3.05, 3.63) is 18.5 Å². The van der Waals surface area contributed by atoms with E-state index in [-0.39, 0.29) is 11.8 Å². The Hall–Kier alpha value is -1.65. The Kier molecular flexibility index (Phi) is 4.08. The summed E-state index contributed by atoms with van der Waals surface area (Å²) >= 11 is 0. The third-order valence-electron chi connectivity index (χ3n) is 4.87. The molecule has 3 rings (SSSR count). The molecule has 2 aliphatic rings. The van der Waals surface area contributed by atoms with Gasteiger partial charge < -0.3 is 9.80 Å². The highest BCUT2D eigenvalue weighted by Crippen LogP contribution is 2.35. The van der Waals surface area contributed by atoms with Gasteiger partial charge in [0.05, 0.1) is 5.92 Å². The molecular formula is C16H24N4O. The van der Waals surface area contributed by atoms with Crippen molar-refractivity contribution in [2.24, 2.45) is 11.8 Å². The van der Waals surface area contributed by atoms with E-state index in [1.54, 1.807) is 12.4 Å². The smallest absolute Gasteiger partial charge is 0.227 e. The summed E-state index contributed by atoms with van der Waals surface area (Å²) < 4.78 is 0. The summed E-state index contributed by atoms with van der Waals surface area (Å²) in [6.45, 7) is 3.86. The second-order valence-corrected chi connectivity index (χ2v) is 6.36. The van der Waals surface area contributed by atoms with E-state index in [0.29, 0.717) is 6.04 Å². The number of carbonyl (C=O) groups excluding carboxylic acids is 1. The number of anilines is 1. The Morgan fingerprint density at radius 3 is 2.71 bits per heavy atom. The highest BCUT2D eigenvalue weighted by atomic mass is 16.2. The predicted octanol–water partition coefficient (Wildman–Crippen LogP) is 1.95. The van der Waals surface area contributed by atoms with Crippen LogP contribution in [0, 0.1) is 11.8 Å². The van der Waals surface area contributed by atoms with Crippen molar-refractivity contribution in [3.63, 3.8) is 0 Å². The zero-order valence-corrected chi connectivity index (χ0v) is 12.9. The minimum absolute atomic E-state index is 0.0776. The van der Waals surface area contributed by atoms with Crippen molar-refractivity contribution < 1.29 is 4.79 Å². The SMILES string of the molecule is C[C@@H](C1CC1)N(C)C(=O)[C@@H]1CCCN(c2ncccn2)C1. The van der Waals surface area contributed by atoms with Crippen molar-refractivity contribution in [3.8, 4) is 0 Å². The van der Waals surface area contributed by atoms with Crippen molar-refractivity contribution in [2.75, 3.05) is 25.0 Å². The van der Waals surface area contributed by atoms with E-state index in [2.05, 4.69) is 21.8 Å². The van der Waals surface area contributed by atoms with Crippen molar-refractivity contribution >= 4 is 11.9 Å². The third kappa shape index (κ3) is 3.17. The standard InChI is InChI=1S/C16H24N4O/c1-12(13-6-7-13)19(2)15(21)14-5-3-10-20(11-14)16-17-8-4-9-18-16/h4,8-9,12-14H,3,5-7,10-11H2,1-2H3/t12-,14+/m0/s1. The van der Waals surface area contributed by atoms with Gasteiger partial charge in [-0.25, -0.2) is 9.97 Å². The Morgan fingerprint density at radius 2 is 2.05 bits per heavy atom. The lowest BCUT2D eigenvalue weighted by atomic mass is 9.96. The number of carbonyl (C=O) groups is 1. The summed E-state index contributed by atoms with van der Waals surface area (Å²) in [4.78, 5) is 25.4. The normalized spacial score (nSPS) is 23.7. The fraction of sp³-hybridized carbons (Fsp3) is 0.688. The van der Waals surface area contributed by atoms with E-state index in [0.717, 1.165) is 37.8 Å². The summed E-state index contributed by atoms with van der Waals surface area (Å²) in [5.41, 5.74) is 0. The molecule has 0 spiro atoms. The largest absolute Gasteiger partial charge is 0.342 e. The summed E-state index contributed by atoms with van der Waals surface area (Å²) in [7, 11) is 1.96. The van der Waals surface area contributed by atoms with Crippen LogP contribution < -0.4 is 4.90 Å². The highest BCUT2D eigenvalue weighted by Gasteiger charge is 2.36. The fourth-order valence-electron chi connectivity index (χ4n) is 3.20. The van der Waals surface area contributed by atoms with Gasteiger partial charge >= 0.3 is 0 Å². The topological polar surface area (TPSA) is 49.3 Å². The quantitative estimate of drug-likeness (QED) is 0.849. The van der Waals surface area contributed by atoms with Gasteiger partial charge in [-0.3, -0.25) is 4.79 Å². The highest BCUT2D eigenvalue weighted by molar-refractivity contribution is 5.79. The van der Waals surface area contributed by atoms with Crippen LogP contribution in [-0.2, 0) is 4.79 Å². The van der Waals surface area contributed by atoms with Gasteiger partial charge in [0.1, 0.15) is 0 Å². The molecule has 0 bridgehead atoms. The van der Waals surface area contributed by atoms with E-state index < -0.39 is 0 Å². The van der Waals surface area contributed by atoms with Crippen LogP contribution in [0.4, 0.5) is 5.95 Å². The molecule has 5 heteroatoms. The number of amides is 1. The Bertz CT molecular complexity index is 488. The second-order valence-electron chi connectivity index (χ2n) is 6.36. The van der Waals surface area contributed by atoms with Crippen molar-refractivity contribution in [2.45, 2.75) is 38.6 Å². The number of hydrogen-bond acceptors (Lipinski definition) is 4. The molecule has 21 heavy (non-hydrogen) atoms. The van der Waals surface area contributed by atoms with Crippen molar-refractivity contribution in [1.82, 2.24) is 14.9 Å². The summed E-state index contributed by atoms with van der Waals surface area (Å²) in [6.07, 6.45) is 8.06. The monoisotopic (exact) mass is 288 g/mol. The Balaban J connectivity index is 1.64. The molecule has 0 aromatic carbocycles. The fourth-order valence-corrected chi connectivity index (χ4v) is 3.20. The number of hydrogen-bond donors (Lipinski definition) is 0. The molecule has 1 amide bonds. The van der Waals surface area contributed by atoms with E-state index in [4.69, 9.17) is 0 Å². The molecule has 1 aromatic rings. The summed E-state index contributed by atoms with van der Waals surface area (Å²) in [5.74, 6) is 1.83. The van der Waals surface area contributed by atoms with Gasteiger partial charge in [0.2, 0.25) is 11.9 Å². The molecule has 0 radical (unpaired) electrons. The van der Waals surface area contributed by atoms with E-state index in [1.807, 2.05) is 18.0 Å². The summed E-state index contributed by atoms with van der Waals surface area (Å²) in [6, 6.07) is 2.20. The lowest BCUT2D eigenvalue weighted by molar-refractivity contribution is -0.136. The molecule has 2 fully saturated rings. The average Bonchev–Trinajstić information content (AvgIpc) is 3.38. The zero-order valence-electron chi connectivity index (χ0n) is 12.9. The van der Waals surface area contributed by atoms with Gasteiger partial charge in [-0.2, -0.15) is 0 Å². The molecule has 2 heterocycles. The zero-order chi connectivity index (χ0) is 14.8. The van der Waals surface area contributed by atoms with Gasteiger partial charge in [-0.05, 0) is 44.6 Å². The number of rotatable bonds is 4. The van der Waals surface area contributed by atoms with Crippen LogP contribution in [0.25, 0.3) is 0 Å². The van der Waals surface area contributed by atoms with E-state index in [1.165, 1.54) is 12.8 Å². The van der Waals surface area contributed by atoms with Gasteiger partial charge in [0.25, 0.3) is 0 Å². The van der Waals surface area contributed by atoms with Gasteiger partial charge in [-0.1, -0.05) is 0 Å². The third-order valence-corrected chi connectivity index (χ3v) is 4.87. The number of piperidine rings is 1. The number of nitrogens with zero attached hydrogens (tertiary/aromatic N) is 4. The van der Waals surface area contributed by atoms with Crippen LogP contribution in [0.3, 0.4) is 0 Å². The average molecular weight is 288 g/mol. The van der Waals surface area contributed by atoms with Gasteiger partial charge in [0, 0.05) is 38.6 Å². The first-order chi connectivity index (χ1) is 10.2. The van der Waals surface area contributed by atoms with Crippen LogP contribution in [0.5, 0.6) is 0 Å². The maximum Gasteiger partial charge on any atom is 0.227 e. The predicted molar refractivity (Wildman–Crippen MR) is 81.9 cm³/mol. The molecular weight excluding hydrogens is 264 g/mol. The van der Waals surface area contributed by atoms with Crippen LogP contribution in [0.1, 0.15) is 32.6 Å². The molecule has 5 nitrogen and oxygen atoms in total. The van der Waals surface area contributed by atoms with Gasteiger partial charge in [0.15, 0.2) is 0 Å². The Labute approximate surface area is 126 Å². The molecule has 2 atom stereocenters. The molecule has 1 aliphatic carbocycles. The molecule has 0 N–H and O–H groups in total. The van der Waals surface area contributed by atoms with Crippen molar-refractivity contribution in [1.29, 1.82) is 0 Å². The molecule has 1 aromatic heterocycles.